The summed E-state index contributed by atoms with van der Waals surface area (Å²) in [5.74, 6) is -0.576. The molecule has 0 atom stereocenters. The Morgan fingerprint density at radius 1 is 1.00 bits per heavy atom. The van der Waals surface area contributed by atoms with Crippen molar-refractivity contribution in [1.82, 2.24) is 0 Å². The molecule has 4 heteroatoms. The molecule has 2 aromatic rings. The first-order chi connectivity index (χ1) is 8.15. The van der Waals surface area contributed by atoms with E-state index in [1.807, 2.05) is 0 Å². The van der Waals surface area contributed by atoms with E-state index in [1.165, 1.54) is 12.1 Å². The van der Waals surface area contributed by atoms with E-state index >= 15 is 0 Å². The van der Waals surface area contributed by atoms with Crippen LogP contribution in [0.25, 0.3) is 0 Å². The van der Waals surface area contributed by atoms with Crippen LogP contribution in [0.15, 0.2) is 47.4 Å². The fourth-order valence-electron chi connectivity index (χ4n) is 1.34. The first kappa shape index (κ1) is 11.9. The molecule has 0 saturated carbocycles. The molecule has 0 unspecified atom stereocenters. The lowest BCUT2D eigenvalue weighted by Crippen LogP contribution is -1.98. The molecule has 0 aromatic heterocycles. The quantitative estimate of drug-likeness (QED) is 0.817. The number of benzene rings is 2. The van der Waals surface area contributed by atoms with Crippen molar-refractivity contribution >= 4 is 12.6 Å². The second kappa shape index (κ2) is 5.19. The highest BCUT2D eigenvalue weighted by Crippen LogP contribution is 2.17. The van der Waals surface area contributed by atoms with Crippen LogP contribution in [-0.4, -0.2) is 0 Å². The Labute approximate surface area is 103 Å². The molecule has 0 aliphatic carbocycles. The van der Waals surface area contributed by atoms with Crippen LogP contribution < -0.4 is 4.74 Å². The van der Waals surface area contributed by atoms with Crippen molar-refractivity contribution in [2.45, 2.75) is 11.5 Å². The molecule has 0 saturated heterocycles. The third kappa shape index (κ3) is 3.20. The molecule has 2 rings (SSSR count). The highest BCUT2D eigenvalue weighted by Gasteiger charge is 2.04. The molecule has 0 spiro atoms. The zero-order valence-electron chi connectivity index (χ0n) is 8.86. The molecular formula is C13H10F2OS. The zero-order chi connectivity index (χ0) is 12.3. The number of thiol groups is 1. The van der Waals surface area contributed by atoms with Gasteiger partial charge < -0.3 is 4.74 Å². The van der Waals surface area contributed by atoms with Gasteiger partial charge in [-0.3, -0.25) is 0 Å². The largest absolute Gasteiger partial charge is 0.489 e. The van der Waals surface area contributed by atoms with Gasteiger partial charge in [0, 0.05) is 16.5 Å². The summed E-state index contributed by atoms with van der Waals surface area (Å²) in [5, 5.41) is 0. The molecule has 17 heavy (non-hydrogen) atoms. The van der Waals surface area contributed by atoms with Gasteiger partial charge in [-0.2, -0.15) is 0 Å². The van der Waals surface area contributed by atoms with Crippen LogP contribution in [0.1, 0.15) is 5.56 Å². The molecule has 0 aliphatic heterocycles. The predicted molar refractivity (Wildman–Crippen MR) is 64.4 cm³/mol. The number of hydrogen-bond donors (Lipinski definition) is 1. The van der Waals surface area contributed by atoms with E-state index in [0.29, 0.717) is 11.3 Å². The third-order valence-electron chi connectivity index (χ3n) is 2.25. The summed E-state index contributed by atoms with van der Waals surface area (Å²) in [4.78, 5) is 0.824. The van der Waals surface area contributed by atoms with E-state index in [0.717, 1.165) is 11.0 Å². The molecule has 0 amide bonds. The summed E-state index contributed by atoms with van der Waals surface area (Å²) < 4.78 is 31.3. The van der Waals surface area contributed by atoms with E-state index in [1.54, 1.807) is 24.3 Å². The average molecular weight is 252 g/mol. The normalized spacial score (nSPS) is 10.3. The fraction of sp³-hybridized carbons (Fsp3) is 0.0769. The Morgan fingerprint density at radius 2 is 1.71 bits per heavy atom. The van der Waals surface area contributed by atoms with Crippen LogP contribution in [-0.2, 0) is 6.61 Å². The van der Waals surface area contributed by atoms with Gasteiger partial charge in [-0.15, -0.1) is 12.6 Å². The fourth-order valence-corrected chi connectivity index (χ4v) is 1.49. The van der Waals surface area contributed by atoms with Gasteiger partial charge in [0.05, 0.1) is 0 Å². The van der Waals surface area contributed by atoms with Crippen LogP contribution >= 0.6 is 12.6 Å². The molecule has 2 aromatic carbocycles. The maximum absolute atomic E-state index is 13.3. The maximum Gasteiger partial charge on any atom is 0.132 e. The van der Waals surface area contributed by atoms with Crippen LogP contribution in [0.3, 0.4) is 0 Å². The lowest BCUT2D eigenvalue weighted by atomic mass is 10.2. The summed E-state index contributed by atoms with van der Waals surface area (Å²) in [6.45, 7) is 0.0675. The number of ether oxygens (including phenoxy) is 1. The molecule has 1 nitrogen and oxygen atoms in total. The topological polar surface area (TPSA) is 9.23 Å². The molecule has 0 bridgehead atoms. The summed E-state index contributed by atoms with van der Waals surface area (Å²) >= 11 is 4.14. The van der Waals surface area contributed by atoms with Gasteiger partial charge in [0.15, 0.2) is 0 Å². The van der Waals surface area contributed by atoms with Crippen molar-refractivity contribution in [2.75, 3.05) is 0 Å². The molecule has 0 fully saturated rings. The van der Waals surface area contributed by atoms with Gasteiger partial charge in [-0.25, -0.2) is 8.78 Å². The van der Waals surface area contributed by atoms with Gasteiger partial charge in [-0.05, 0) is 36.4 Å². The van der Waals surface area contributed by atoms with E-state index in [4.69, 9.17) is 4.74 Å². The Kier molecular flexibility index (Phi) is 3.64. The third-order valence-corrected chi connectivity index (χ3v) is 2.54. The van der Waals surface area contributed by atoms with E-state index in [2.05, 4.69) is 12.6 Å². The van der Waals surface area contributed by atoms with Crippen LogP contribution in [0.5, 0.6) is 5.75 Å². The first-order valence-corrected chi connectivity index (χ1v) is 5.45. The van der Waals surface area contributed by atoms with Crippen molar-refractivity contribution in [3.63, 3.8) is 0 Å². The van der Waals surface area contributed by atoms with Crippen molar-refractivity contribution in [3.05, 3.63) is 59.7 Å². The van der Waals surface area contributed by atoms with Crippen molar-refractivity contribution in [1.29, 1.82) is 0 Å². The van der Waals surface area contributed by atoms with Crippen molar-refractivity contribution in [2.24, 2.45) is 0 Å². The monoisotopic (exact) mass is 252 g/mol. The summed E-state index contributed by atoms with van der Waals surface area (Å²) in [6.07, 6.45) is 0. The molecule has 88 valence electrons. The lowest BCUT2D eigenvalue weighted by molar-refractivity contribution is 0.299. The van der Waals surface area contributed by atoms with Crippen LogP contribution in [0.2, 0.25) is 0 Å². The highest BCUT2D eigenvalue weighted by molar-refractivity contribution is 7.80. The molecule has 0 heterocycles. The maximum atomic E-state index is 13.3. The van der Waals surface area contributed by atoms with Crippen molar-refractivity contribution in [3.8, 4) is 5.75 Å². The second-order valence-electron chi connectivity index (χ2n) is 3.52. The average Bonchev–Trinajstić information content (AvgIpc) is 2.30. The van der Waals surface area contributed by atoms with E-state index in [9.17, 15) is 8.78 Å². The Morgan fingerprint density at radius 3 is 2.35 bits per heavy atom. The van der Waals surface area contributed by atoms with Crippen LogP contribution in [0.4, 0.5) is 8.78 Å². The smallest absolute Gasteiger partial charge is 0.132 e. The van der Waals surface area contributed by atoms with Gasteiger partial charge in [0.2, 0.25) is 0 Å². The lowest BCUT2D eigenvalue weighted by Gasteiger charge is -2.07. The summed E-state index contributed by atoms with van der Waals surface area (Å²) in [5.41, 5.74) is 0.321. The Hall–Kier alpha value is -1.55. The zero-order valence-corrected chi connectivity index (χ0v) is 9.75. The summed E-state index contributed by atoms with van der Waals surface area (Å²) in [6, 6.07) is 10.5. The van der Waals surface area contributed by atoms with Gasteiger partial charge >= 0.3 is 0 Å². The minimum atomic E-state index is -0.601. The minimum absolute atomic E-state index is 0.0675. The Balaban J connectivity index is 2.04. The SMILES string of the molecule is Fc1ccc(COc2ccc(S)cc2)c(F)c1. The molecular weight excluding hydrogens is 242 g/mol. The second-order valence-corrected chi connectivity index (χ2v) is 4.03. The highest BCUT2D eigenvalue weighted by atomic mass is 32.1. The molecule has 0 aliphatic rings. The number of halogens is 2. The molecule has 0 N–H and O–H groups in total. The summed E-state index contributed by atoms with van der Waals surface area (Å²) in [7, 11) is 0. The Bertz CT molecular complexity index is 511. The van der Waals surface area contributed by atoms with Crippen LogP contribution in [0, 0.1) is 11.6 Å². The van der Waals surface area contributed by atoms with E-state index < -0.39 is 11.6 Å². The first-order valence-electron chi connectivity index (χ1n) is 5.01. The minimum Gasteiger partial charge on any atom is -0.489 e. The predicted octanol–water partition coefficient (Wildman–Crippen LogP) is 3.83. The van der Waals surface area contributed by atoms with Gasteiger partial charge in [-0.1, -0.05) is 0 Å². The van der Waals surface area contributed by atoms with Gasteiger partial charge in [0.25, 0.3) is 0 Å². The van der Waals surface area contributed by atoms with Gasteiger partial charge in [0.1, 0.15) is 24.0 Å². The molecule has 0 radical (unpaired) electrons. The van der Waals surface area contributed by atoms with Crippen molar-refractivity contribution < 1.29 is 13.5 Å². The van der Waals surface area contributed by atoms with E-state index in [-0.39, 0.29) is 6.61 Å². The number of rotatable bonds is 3. The standard InChI is InChI=1S/C13H10F2OS/c14-10-2-1-9(13(15)7-10)8-16-11-3-5-12(17)6-4-11/h1-7,17H,8H2. The number of hydrogen-bond acceptors (Lipinski definition) is 2.